The van der Waals surface area contributed by atoms with Crippen molar-refractivity contribution in [2.75, 3.05) is 38.5 Å². The highest BCUT2D eigenvalue weighted by atomic mass is 32.2. The number of piperazine rings is 1. The number of hydrogen-bond acceptors (Lipinski definition) is 8. The number of ether oxygens (including phenoxy) is 1. The van der Waals surface area contributed by atoms with Crippen LogP contribution in [0.5, 0.6) is 0 Å². The topological polar surface area (TPSA) is 76.4 Å². The van der Waals surface area contributed by atoms with Gasteiger partial charge in [-0.05, 0) is 34.7 Å². The van der Waals surface area contributed by atoms with Crippen molar-refractivity contribution in [1.29, 1.82) is 0 Å². The smallest absolute Gasteiger partial charge is 0.233 e. The van der Waals surface area contributed by atoms with E-state index in [4.69, 9.17) is 4.74 Å². The second-order valence-corrected chi connectivity index (χ2v) is 8.78. The van der Waals surface area contributed by atoms with Gasteiger partial charge in [0.15, 0.2) is 0 Å². The minimum absolute atomic E-state index is 0.155. The first-order valence-corrected chi connectivity index (χ1v) is 11.2. The number of rotatable bonds is 7. The van der Waals surface area contributed by atoms with E-state index in [0.29, 0.717) is 17.5 Å². The molecule has 0 radical (unpaired) electrons. The quantitative estimate of drug-likeness (QED) is 0.640. The van der Waals surface area contributed by atoms with Crippen LogP contribution in [0, 0.1) is 0 Å². The number of carbonyl (C=O) groups is 1. The number of thioether (sulfide) groups is 1. The van der Waals surface area contributed by atoms with Crippen LogP contribution in [-0.2, 0) is 22.6 Å². The molecule has 10 heteroatoms. The Balaban J connectivity index is 1.21. The summed E-state index contributed by atoms with van der Waals surface area (Å²) in [7, 11) is 0. The first-order chi connectivity index (χ1) is 13.3. The van der Waals surface area contributed by atoms with Crippen LogP contribution in [0.2, 0.25) is 0 Å². The Morgan fingerprint density at radius 1 is 1.33 bits per heavy atom. The van der Waals surface area contributed by atoms with Crippen molar-refractivity contribution in [2.24, 2.45) is 0 Å². The van der Waals surface area contributed by atoms with Crippen LogP contribution in [0.1, 0.15) is 17.7 Å². The molecule has 2 saturated heterocycles. The lowest BCUT2D eigenvalue weighted by Gasteiger charge is -2.34. The van der Waals surface area contributed by atoms with Gasteiger partial charge in [0.05, 0.1) is 18.4 Å². The Morgan fingerprint density at radius 3 is 2.96 bits per heavy atom. The summed E-state index contributed by atoms with van der Waals surface area (Å²) in [5.74, 6) is 0.527. The minimum Gasteiger partial charge on any atom is -0.376 e. The summed E-state index contributed by atoms with van der Waals surface area (Å²) in [4.78, 5) is 18.3. The third kappa shape index (κ3) is 5.07. The second kappa shape index (κ2) is 9.13. The maximum absolute atomic E-state index is 12.6. The second-order valence-electron chi connectivity index (χ2n) is 6.80. The molecule has 2 aromatic rings. The van der Waals surface area contributed by atoms with Crippen LogP contribution in [0.25, 0.3) is 0 Å². The molecule has 0 saturated carbocycles. The van der Waals surface area contributed by atoms with Gasteiger partial charge in [0.25, 0.3) is 0 Å². The molecule has 0 spiro atoms. The zero-order valence-electron chi connectivity index (χ0n) is 15.2. The van der Waals surface area contributed by atoms with Crippen molar-refractivity contribution in [3.05, 3.63) is 22.4 Å². The van der Waals surface area contributed by atoms with Crippen LogP contribution >= 0.6 is 23.1 Å². The molecule has 2 aliphatic heterocycles. The van der Waals surface area contributed by atoms with E-state index in [1.54, 1.807) is 16.0 Å². The van der Waals surface area contributed by atoms with Crippen LogP contribution in [0.4, 0.5) is 0 Å². The van der Waals surface area contributed by atoms with Crippen molar-refractivity contribution in [3.63, 3.8) is 0 Å². The lowest BCUT2D eigenvalue weighted by molar-refractivity contribution is -0.130. The summed E-state index contributed by atoms with van der Waals surface area (Å²) in [5, 5.41) is 14.7. The molecular formula is C17H24N6O2S2. The fourth-order valence-corrected chi connectivity index (χ4v) is 4.93. The number of nitrogens with zero attached hydrogens (tertiary/aromatic N) is 6. The molecule has 4 heterocycles. The predicted octanol–water partition coefficient (Wildman–Crippen LogP) is 1.35. The van der Waals surface area contributed by atoms with Crippen molar-refractivity contribution < 1.29 is 9.53 Å². The van der Waals surface area contributed by atoms with Gasteiger partial charge in [-0.1, -0.05) is 17.8 Å². The van der Waals surface area contributed by atoms with E-state index in [2.05, 4.69) is 37.9 Å². The molecule has 0 aromatic carbocycles. The number of carbonyl (C=O) groups excluding carboxylic acids is 1. The molecule has 1 amide bonds. The van der Waals surface area contributed by atoms with Crippen molar-refractivity contribution in [3.8, 4) is 0 Å². The summed E-state index contributed by atoms with van der Waals surface area (Å²) in [6.45, 7) is 5.86. The van der Waals surface area contributed by atoms with E-state index >= 15 is 0 Å². The van der Waals surface area contributed by atoms with Crippen molar-refractivity contribution >= 4 is 29.0 Å². The van der Waals surface area contributed by atoms with Gasteiger partial charge in [-0.15, -0.1) is 16.4 Å². The van der Waals surface area contributed by atoms with Crippen LogP contribution in [0.3, 0.4) is 0 Å². The fourth-order valence-electron chi connectivity index (χ4n) is 3.39. The lowest BCUT2D eigenvalue weighted by atomic mass is 10.2. The van der Waals surface area contributed by atoms with E-state index in [1.807, 2.05) is 4.90 Å². The van der Waals surface area contributed by atoms with Gasteiger partial charge in [-0.3, -0.25) is 9.69 Å². The fraction of sp³-hybridized carbons (Fsp3) is 0.647. The van der Waals surface area contributed by atoms with Gasteiger partial charge in [-0.25, -0.2) is 4.68 Å². The lowest BCUT2D eigenvalue weighted by Crippen LogP contribution is -2.48. The molecule has 2 aliphatic rings. The summed E-state index contributed by atoms with van der Waals surface area (Å²) in [5.41, 5.74) is 0. The number of thiophene rings is 1. The molecule has 146 valence electrons. The van der Waals surface area contributed by atoms with Crippen molar-refractivity contribution in [1.82, 2.24) is 30.0 Å². The Labute approximate surface area is 166 Å². The van der Waals surface area contributed by atoms with Crippen LogP contribution in [0.15, 0.2) is 22.7 Å². The Bertz CT molecular complexity index is 724. The molecule has 2 aromatic heterocycles. The Kier molecular flexibility index (Phi) is 6.38. The van der Waals surface area contributed by atoms with E-state index in [-0.39, 0.29) is 12.0 Å². The zero-order chi connectivity index (χ0) is 18.5. The third-order valence-corrected chi connectivity index (χ3v) is 6.71. The first-order valence-electron chi connectivity index (χ1n) is 9.31. The van der Waals surface area contributed by atoms with Gasteiger partial charge in [0, 0.05) is 44.2 Å². The number of tetrazole rings is 1. The molecule has 1 atom stereocenters. The summed E-state index contributed by atoms with van der Waals surface area (Å²) in [6.07, 6.45) is 2.31. The average Bonchev–Trinajstić information content (AvgIpc) is 3.44. The van der Waals surface area contributed by atoms with Gasteiger partial charge in [-0.2, -0.15) is 0 Å². The Hall–Kier alpha value is -1.49. The highest BCUT2D eigenvalue weighted by molar-refractivity contribution is 7.99. The van der Waals surface area contributed by atoms with Crippen LogP contribution < -0.4 is 0 Å². The molecule has 0 bridgehead atoms. The first kappa shape index (κ1) is 18.9. The summed E-state index contributed by atoms with van der Waals surface area (Å²) in [6, 6.07) is 4.25. The number of hydrogen-bond donors (Lipinski definition) is 0. The van der Waals surface area contributed by atoms with E-state index in [1.165, 1.54) is 16.6 Å². The number of aromatic nitrogens is 4. The average molecular weight is 409 g/mol. The zero-order valence-corrected chi connectivity index (χ0v) is 16.8. The van der Waals surface area contributed by atoms with E-state index in [9.17, 15) is 4.79 Å². The maximum Gasteiger partial charge on any atom is 0.233 e. The standard InChI is InChI=1S/C17H24N6O2S2/c24-16(22-7-5-21(6-8-22)12-15-4-2-10-26-15)13-27-17-18-19-20-23(17)11-14-3-1-9-25-14/h2,4,10,14H,1,3,5-9,11-13H2. The maximum atomic E-state index is 12.6. The van der Waals surface area contributed by atoms with Crippen molar-refractivity contribution in [2.45, 2.75) is 37.2 Å². The minimum atomic E-state index is 0.155. The molecule has 1 unspecified atom stereocenters. The highest BCUT2D eigenvalue weighted by Gasteiger charge is 2.23. The summed E-state index contributed by atoms with van der Waals surface area (Å²) < 4.78 is 7.40. The largest absolute Gasteiger partial charge is 0.376 e. The van der Waals surface area contributed by atoms with E-state index in [0.717, 1.165) is 52.2 Å². The van der Waals surface area contributed by atoms with Gasteiger partial charge in [0.1, 0.15) is 0 Å². The Morgan fingerprint density at radius 2 is 2.22 bits per heavy atom. The normalized spacial score (nSPS) is 21.0. The van der Waals surface area contributed by atoms with Gasteiger partial charge in [0.2, 0.25) is 11.1 Å². The molecule has 8 nitrogen and oxygen atoms in total. The van der Waals surface area contributed by atoms with Gasteiger partial charge >= 0.3 is 0 Å². The van der Waals surface area contributed by atoms with E-state index < -0.39 is 0 Å². The molecule has 2 fully saturated rings. The predicted molar refractivity (Wildman–Crippen MR) is 104 cm³/mol. The van der Waals surface area contributed by atoms with Crippen LogP contribution in [-0.4, -0.2) is 80.6 Å². The molecule has 27 heavy (non-hydrogen) atoms. The number of amides is 1. The monoisotopic (exact) mass is 408 g/mol. The van der Waals surface area contributed by atoms with Gasteiger partial charge < -0.3 is 9.64 Å². The molecule has 4 rings (SSSR count). The highest BCUT2D eigenvalue weighted by Crippen LogP contribution is 2.19. The molecule has 0 aliphatic carbocycles. The SMILES string of the molecule is O=C(CSc1nnnn1CC1CCCO1)N1CCN(Cc2cccs2)CC1. The summed E-state index contributed by atoms with van der Waals surface area (Å²) >= 11 is 3.20. The molecular weight excluding hydrogens is 384 g/mol. The molecule has 0 N–H and O–H groups in total. The third-order valence-electron chi connectivity index (χ3n) is 4.91.